The Balaban J connectivity index is 3.96. The molecular weight excluding hydrogens is 853 g/mol. The van der Waals surface area contributed by atoms with E-state index in [1.807, 2.05) is 0 Å². The third kappa shape index (κ3) is 55.4. The zero-order chi connectivity index (χ0) is 50.0. The summed E-state index contributed by atoms with van der Waals surface area (Å²) in [6, 6.07) is 0. The van der Waals surface area contributed by atoms with Gasteiger partial charge in [-0.05, 0) is 96.3 Å². The Bertz CT molecular complexity index is 1330. The Kier molecular flexibility index (Phi) is 54.3. The summed E-state index contributed by atoms with van der Waals surface area (Å²) < 4.78 is 16.7. The Hall–Kier alpha value is -3.41. The summed E-state index contributed by atoms with van der Waals surface area (Å²) in [5.41, 5.74) is 0. The van der Waals surface area contributed by atoms with Gasteiger partial charge in [0.05, 0.1) is 0 Å². The van der Waals surface area contributed by atoms with Crippen molar-refractivity contribution >= 4 is 17.9 Å². The first-order chi connectivity index (χ1) is 34.0. The lowest BCUT2D eigenvalue weighted by Gasteiger charge is -2.18. The van der Waals surface area contributed by atoms with Gasteiger partial charge in [-0.1, -0.05) is 247 Å². The highest BCUT2D eigenvalue weighted by Crippen LogP contribution is 2.16. The molecule has 0 saturated heterocycles. The van der Waals surface area contributed by atoms with Crippen LogP contribution in [0.4, 0.5) is 0 Å². The second-order valence-electron chi connectivity index (χ2n) is 19.2. The number of ether oxygens (including phenoxy) is 3. The topological polar surface area (TPSA) is 78.9 Å². The van der Waals surface area contributed by atoms with Crippen LogP contribution in [-0.4, -0.2) is 37.2 Å². The fraction of sp³-hybridized carbons (Fsp3) is 0.730. The highest BCUT2D eigenvalue weighted by molar-refractivity contribution is 5.71. The van der Waals surface area contributed by atoms with Gasteiger partial charge >= 0.3 is 17.9 Å². The standard InChI is InChI=1S/C63H108O6/c1-4-7-10-13-15-17-19-21-22-23-24-25-26-27-28-29-30-31-32-33-34-35-36-37-38-39-40-42-43-45-47-50-53-56-62(65)68-59-60(58-67-61(64)55-52-49-12-9-6-3)69-63(66)57-54-51-48-46-44-41-20-18-16-14-11-8-5-2/h7,10,15,17-18,20-22,24-25,27-28,30-31,60H,4-6,8-9,11-14,16,19,23,26,29,32-59H2,1-3H3/b10-7-,17-15-,20-18-,22-21-,25-24-,28-27-,31-30-. The molecule has 1 unspecified atom stereocenters. The number of unbranched alkanes of at least 4 members (excludes halogenated alkanes) is 27. The van der Waals surface area contributed by atoms with Crippen LogP contribution in [0.1, 0.15) is 278 Å². The van der Waals surface area contributed by atoms with E-state index in [0.717, 1.165) is 116 Å². The quantitative estimate of drug-likeness (QED) is 0.0262. The molecule has 0 aliphatic rings. The van der Waals surface area contributed by atoms with Crippen LogP contribution in [0.2, 0.25) is 0 Å². The van der Waals surface area contributed by atoms with E-state index in [0.29, 0.717) is 19.3 Å². The third-order valence-corrected chi connectivity index (χ3v) is 12.4. The Labute approximate surface area is 426 Å². The SMILES string of the molecule is CC/C=C\C/C=C\C/C=C\C/C=C\C/C=C\C/C=C\CCCCCCCCCCCCCCCCC(=O)OCC(COC(=O)CCCCCCC)OC(=O)CCCCCCC/C=C\CCCCCC. The smallest absolute Gasteiger partial charge is 0.306 e. The number of esters is 3. The van der Waals surface area contributed by atoms with E-state index in [9.17, 15) is 14.4 Å². The van der Waals surface area contributed by atoms with E-state index in [-0.39, 0.29) is 31.1 Å². The normalized spacial score (nSPS) is 12.7. The molecule has 0 spiro atoms. The van der Waals surface area contributed by atoms with E-state index in [1.165, 1.54) is 122 Å². The monoisotopic (exact) mass is 961 g/mol. The Morgan fingerprint density at radius 2 is 0.565 bits per heavy atom. The molecule has 0 fully saturated rings. The molecule has 0 heterocycles. The molecule has 0 saturated carbocycles. The van der Waals surface area contributed by atoms with Gasteiger partial charge in [-0.3, -0.25) is 14.4 Å². The van der Waals surface area contributed by atoms with Crippen molar-refractivity contribution in [1.29, 1.82) is 0 Å². The first-order valence-corrected chi connectivity index (χ1v) is 29.1. The van der Waals surface area contributed by atoms with E-state index in [2.05, 4.69) is 106 Å². The molecule has 6 nitrogen and oxygen atoms in total. The van der Waals surface area contributed by atoms with Crippen LogP contribution < -0.4 is 0 Å². The number of carbonyl (C=O) groups excluding carboxylic acids is 3. The molecule has 0 N–H and O–H groups in total. The summed E-state index contributed by atoms with van der Waals surface area (Å²) in [6.07, 6.45) is 74.9. The van der Waals surface area contributed by atoms with Crippen LogP contribution in [0.3, 0.4) is 0 Å². The van der Waals surface area contributed by atoms with Crippen molar-refractivity contribution < 1.29 is 28.6 Å². The average molecular weight is 962 g/mol. The average Bonchev–Trinajstić information content (AvgIpc) is 3.35. The Morgan fingerprint density at radius 1 is 0.304 bits per heavy atom. The predicted molar refractivity (Wildman–Crippen MR) is 297 cm³/mol. The molecule has 69 heavy (non-hydrogen) atoms. The van der Waals surface area contributed by atoms with Gasteiger partial charge in [-0.2, -0.15) is 0 Å². The van der Waals surface area contributed by atoms with Crippen molar-refractivity contribution in [2.45, 2.75) is 284 Å². The summed E-state index contributed by atoms with van der Waals surface area (Å²) in [5.74, 6) is -0.897. The maximum absolute atomic E-state index is 12.7. The van der Waals surface area contributed by atoms with Crippen molar-refractivity contribution in [3.8, 4) is 0 Å². The van der Waals surface area contributed by atoms with Crippen LogP contribution in [0, 0.1) is 0 Å². The van der Waals surface area contributed by atoms with Crippen LogP contribution in [-0.2, 0) is 28.6 Å². The maximum Gasteiger partial charge on any atom is 0.306 e. The number of carbonyl (C=O) groups is 3. The number of hydrogen-bond acceptors (Lipinski definition) is 6. The molecule has 396 valence electrons. The Morgan fingerprint density at radius 3 is 0.913 bits per heavy atom. The minimum absolute atomic E-state index is 0.0778. The lowest BCUT2D eigenvalue weighted by Crippen LogP contribution is -2.30. The highest BCUT2D eigenvalue weighted by atomic mass is 16.6. The lowest BCUT2D eigenvalue weighted by atomic mass is 10.0. The largest absolute Gasteiger partial charge is 0.462 e. The van der Waals surface area contributed by atoms with Crippen molar-refractivity contribution in [2.24, 2.45) is 0 Å². The van der Waals surface area contributed by atoms with E-state index in [4.69, 9.17) is 14.2 Å². The van der Waals surface area contributed by atoms with Gasteiger partial charge in [0.25, 0.3) is 0 Å². The zero-order valence-corrected chi connectivity index (χ0v) is 45.3. The molecule has 0 aliphatic heterocycles. The number of allylic oxidation sites excluding steroid dienone is 14. The fourth-order valence-electron chi connectivity index (χ4n) is 8.03. The summed E-state index contributed by atoms with van der Waals surface area (Å²) in [7, 11) is 0. The minimum atomic E-state index is -0.774. The van der Waals surface area contributed by atoms with Gasteiger partial charge in [0.1, 0.15) is 13.2 Å². The summed E-state index contributed by atoms with van der Waals surface area (Å²) in [5, 5.41) is 0. The molecule has 1 atom stereocenters. The minimum Gasteiger partial charge on any atom is -0.462 e. The van der Waals surface area contributed by atoms with Crippen molar-refractivity contribution in [3.05, 3.63) is 85.1 Å². The van der Waals surface area contributed by atoms with E-state index < -0.39 is 6.10 Å². The van der Waals surface area contributed by atoms with Crippen LogP contribution in [0.5, 0.6) is 0 Å². The van der Waals surface area contributed by atoms with E-state index in [1.54, 1.807) is 0 Å². The first-order valence-electron chi connectivity index (χ1n) is 29.1. The molecule has 0 aliphatic carbocycles. The van der Waals surface area contributed by atoms with Crippen LogP contribution >= 0.6 is 0 Å². The van der Waals surface area contributed by atoms with Crippen LogP contribution in [0.15, 0.2) is 85.1 Å². The number of hydrogen-bond donors (Lipinski definition) is 0. The van der Waals surface area contributed by atoms with Gasteiger partial charge < -0.3 is 14.2 Å². The van der Waals surface area contributed by atoms with Crippen molar-refractivity contribution in [1.82, 2.24) is 0 Å². The van der Waals surface area contributed by atoms with Crippen molar-refractivity contribution in [3.63, 3.8) is 0 Å². The summed E-state index contributed by atoms with van der Waals surface area (Å²) >= 11 is 0. The predicted octanol–water partition coefficient (Wildman–Crippen LogP) is 19.5. The lowest BCUT2D eigenvalue weighted by molar-refractivity contribution is -0.167. The molecule has 0 aromatic rings. The second kappa shape index (κ2) is 57.2. The van der Waals surface area contributed by atoms with Gasteiger partial charge in [-0.25, -0.2) is 0 Å². The first kappa shape index (κ1) is 65.6. The van der Waals surface area contributed by atoms with Gasteiger partial charge in [0, 0.05) is 19.3 Å². The number of rotatable bonds is 52. The maximum atomic E-state index is 12.7. The summed E-state index contributed by atoms with van der Waals surface area (Å²) in [6.45, 7) is 6.42. The molecule has 0 radical (unpaired) electrons. The third-order valence-electron chi connectivity index (χ3n) is 12.4. The molecule has 0 aromatic heterocycles. The second-order valence-corrected chi connectivity index (χ2v) is 19.2. The van der Waals surface area contributed by atoms with Gasteiger partial charge in [0.15, 0.2) is 6.10 Å². The fourth-order valence-corrected chi connectivity index (χ4v) is 8.03. The molecule has 0 rings (SSSR count). The molecule has 0 bridgehead atoms. The molecule has 0 aromatic carbocycles. The molecule has 0 amide bonds. The highest BCUT2D eigenvalue weighted by Gasteiger charge is 2.19. The van der Waals surface area contributed by atoms with Gasteiger partial charge in [-0.15, -0.1) is 0 Å². The van der Waals surface area contributed by atoms with E-state index >= 15 is 0 Å². The summed E-state index contributed by atoms with van der Waals surface area (Å²) in [4.78, 5) is 37.7. The van der Waals surface area contributed by atoms with Crippen molar-refractivity contribution in [2.75, 3.05) is 13.2 Å². The van der Waals surface area contributed by atoms with Crippen LogP contribution in [0.25, 0.3) is 0 Å². The zero-order valence-electron chi connectivity index (χ0n) is 45.3. The molecule has 6 heteroatoms. The molecular formula is C63H108O6. The van der Waals surface area contributed by atoms with Gasteiger partial charge in [0.2, 0.25) is 0 Å².